The topological polar surface area (TPSA) is 85.3 Å². The summed E-state index contributed by atoms with van der Waals surface area (Å²) in [5.74, 6) is 0.0870. The zero-order valence-electron chi connectivity index (χ0n) is 16.3. The highest BCUT2D eigenvalue weighted by Crippen LogP contribution is 2.37. The number of nitrogens with zero attached hydrogens (tertiary/aromatic N) is 1. The molecule has 0 saturated carbocycles. The molecule has 0 aliphatic carbocycles. The molecule has 1 heterocycles. The third kappa shape index (κ3) is 4.92. The smallest absolute Gasteiger partial charge is 0.341 e. The number of benzene rings is 2. The van der Waals surface area contributed by atoms with Gasteiger partial charge >= 0.3 is 5.97 Å². The molecule has 30 heavy (non-hydrogen) atoms. The lowest BCUT2D eigenvalue weighted by Crippen LogP contribution is -2.27. The van der Waals surface area contributed by atoms with Crippen molar-refractivity contribution in [2.45, 2.75) is 6.92 Å². The fourth-order valence-corrected chi connectivity index (χ4v) is 4.03. The average molecular weight is 446 g/mol. The van der Waals surface area contributed by atoms with E-state index in [9.17, 15) is 9.59 Å². The van der Waals surface area contributed by atoms with Crippen LogP contribution >= 0.6 is 24.0 Å². The first-order valence-electron chi connectivity index (χ1n) is 8.96. The van der Waals surface area contributed by atoms with Crippen LogP contribution in [-0.4, -0.2) is 41.6 Å². The second kappa shape index (κ2) is 9.64. The number of thioether (sulfide) groups is 1. The molecule has 7 nitrogen and oxygen atoms in total. The quantitative estimate of drug-likeness (QED) is 0.483. The molecule has 1 amide bonds. The Kier molecular flexibility index (Phi) is 6.96. The lowest BCUT2D eigenvalue weighted by molar-refractivity contribution is -0.139. The van der Waals surface area contributed by atoms with Crippen molar-refractivity contribution in [1.29, 1.82) is 0 Å². The molecular weight excluding hydrogens is 426 g/mol. The Labute approximate surface area is 183 Å². The van der Waals surface area contributed by atoms with Gasteiger partial charge in [-0.2, -0.15) is 0 Å². The van der Waals surface area contributed by atoms with Crippen molar-refractivity contribution in [2.24, 2.45) is 0 Å². The number of carbonyl (C=O) groups is 2. The molecule has 1 N–H and O–H groups in total. The minimum Gasteiger partial charge on any atom is -0.494 e. The van der Waals surface area contributed by atoms with E-state index in [1.165, 1.54) is 23.8 Å². The summed E-state index contributed by atoms with van der Waals surface area (Å²) in [6.45, 7) is 1.99. The van der Waals surface area contributed by atoms with Crippen LogP contribution in [0.5, 0.6) is 17.2 Å². The highest BCUT2D eigenvalue weighted by Gasteiger charge is 2.33. The predicted molar refractivity (Wildman–Crippen MR) is 119 cm³/mol. The first kappa shape index (κ1) is 21.7. The minimum absolute atomic E-state index is 0.223. The molecule has 156 valence electrons. The molecular formula is C21H19NO6S2. The van der Waals surface area contributed by atoms with Crippen LogP contribution < -0.4 is 19.1 Å². The van der Waals surface area contributed by atoms with E-state index in [2.05, 4.69) is 0 Å². The van der Waals surface area contributed by atoms with Gasteiger partial charge in [0, 0.05) is 0 Å². The van der Waals surface area contributed by atoms with Crippen LogP contribution in [-0.2, 0) is 9.59 Å². The highest BCUT2D eigenvalue weighted by molar-refractivity contribution is 8.27. The largest absolute Gasteiger partial charge is 0.494 e. The van der Waals surface area contributed by atoms with E-state index >= 15 is 0 Å². The molecule has 1 aliphatic rings. The number of hydrogen-bond donors (Lipinski definition) is 1. The normalized spacial score (nSPS) is 14.9. The number of amides is 1. The van der Waals surface area contributed by atoms with Crippen molar-refractivity contribution < 1.29 is 28.9 Å². The van der Waals surface area contributed by atoms with E-state index in [1.54, 1.807) is 48.5 Å². The van der Waals surface area contributed by atoms with Gasteiger partial charge in [-0.3, -0.25) is 9.69 Å². The number of ether oxygens (including phenoxy) is 3. The molecule has 0 unspecified atom stereocenters. The van der Waals surface area contributed by atoms with Crippen LogP contribution in [0.25, 0.3) is 6.08 Å². The number of carboxylic acids is 1. The van der Waals surface area contributed by atoms with Crippen LogP contribution in [0.1, 0.15) is 12.5 Å². The Hall–Kier alpha value is -3.04. The van der Waals surface area contributed by atoms with Gasteiger partial charge in [-0.15, -0.1) is 0 Å². The Morgan fingerprint density at radius 1 is 1.17 bits per heavy atom. The number of hydrogen-bond acceptors (Lipinski definition) is 7. The Balaban J connectivity index is 1.81. The molecule has 0 aromatic heterocycles. The summed E-state index contributed by atoms with van der Waals surface area (Å²) >= 11 is 6.61. The number of rotatable bonds is 8. The summed E-state index contributed by atoms with van der Waals surface area (Å²) in [6.07, 6.45) is 1.71. The van der Waals surface area contributed by atoms with Gasteiger partial charge in [0.15, 0.2) is 22.4 Å². The molecule has 1 aliphatic heterocycles. The molecule has 2 aromatic rings. The summed E-state index contributed by atoms with van der Waals surface area (Å²) in [4.78, 5) is 25.6. The number of carbonyl (C=O) groups excluding carboxylic acids is 1. The van der Waals surface area contributed by atoms with E-state index in [-0.39, 0.29) is 5.91 Å². The van der Waals surface area contributed by atoms with Gasteiger partial charge in [-0.1, -0.05) is 30.0 Å². The van der Waals surface area contributed by atoms with Gasteiger partial charge in [0.05, 0.1) is 24.3 Å². The first-order chi connectivity index (χ1) is 14.4. The molecule has 0 atom stereocenters. The monoisotopic (exact) mass is 445 g/mol. The Bertz CT molecular complexity index is 1000. The third-order valence-corrected chi connectivity index (χ3v) is 5.34. The van der Waals surface area contributed by atoms with Crippen LogP contribution in [0.3, 0.4) is 0 Å². The Morgan fingerprint density at radius 2 is 1.90 bits per heavy atom. The minimum atomic E-state index is -1.08. The van der Waals surface area contributed by atoms with E-state index in [1.807, 2.05) is 6.92 Å². The number of carboxylic acid groups (broad SMARTS) is 1. The fourth-order valence-electron chi connectivity index (χ4n) is 2.73. The molecule has 0 radical (unpaired) electrons. The number of methoxy groups -OCH3 is 1. The maximum Gasteiger partial charge on any atom is 0.341 e. The zero-order chi connectivity index (χ0) is 21.7. The number of aliphatic carboxylic acids is 1. The van der Waals surface area contributed by atoms with Crippen LogP contribution in [0.15, 0.2) is 47.4 Å². The summed E-state index contributed by atoms with van der Waals surface area (Å²) in [5.41, 5.74) is 1.36. The van der Waals surface area contributed by atoms with Crippen molar-refractivity contribution in [1.82, 2.24) is 0 Å². The Morgan fingerprint density at radius 3 is 2.53 bits per heavy atom. The standard InChI is InChI=1S/C21H19NO6S2/c1-3-27-15-7-5-14(6-8-15)22-20(25)18(30-21(22)29)11-13-4-9-16(17(10-13)26-2)28-12-19(23)24/h4-11H,3,12H2,1-2H3,(H,23,24)/b18-11+. The second-order valence-electron chi connectivity index (χ2n) is 6.04. The summed E-state index contributed by atoms with van der Waals surface area (Å²) in [7, 11) is 1.46. The maximum atomic E-state index is 12.9. The van der Waals surface area contributed by atoms with E-state index < -0.39 is 12.6 Å². The van der Waals surface area contributed by atoms with Crippen molar-refractivity contribution >= 4 is 51.9 Å². The van der Waals surface area contributed by atoms with Crippen molar-refractivity contribution in [2.75, 3.05) is 25.2 Å². The van der Waals surface area contributed by atoms with Crippen molar-refractivity contribution in [3.63, 3.8) is 0 Å². The average Bonchev–Trinajstić information content (AvgIpc) is 3.00. The fraction of sp³-hybridized carbons (Fsp3) is 0.190. The SMILES string of the molecule is CCOc1ccc(N2C(=O)/C(=C\c3ccc(OCC(=O)O)c(OC)c3)SC2=S)cc1. The van der Waals surface area contributed by atoms with Crippen LogP contribution in [0.4, 0.5) is 5.69 Å². The molecule has 0 bridgehead atoms. The predicted octanol–water partition coefficient (Wildman–Crippen LogP) is 3.96. The maximum absolute atomic E-state index is 12.9. The van der Waals surface area contributed by atoms with Gasteiger partial charge in [-0.25, -0.2) is 4.79 Å². The summed E-state index contributed by atoms with van der Waals surface area (Å²) < 4.78 is 16.3. The molecule has 1 saturated heterocycles. The van der Waals surface area contributed by atoms with E-state index in [0.717, 1.165) is 5.75 Å². The highest BCUT2D eigenvalue weighted by atomic mass is 32.2. The molecule has 2 aromatic carbocycles. The van der Waals surface area contributed by atoms with Gasteiger partial charge in [0.1, 0.15) is 5.75 Å². The van der Waals surface area contributed by atoms with E-state index in [0.29, 0.717) is 38.6 Å². The third-order valence-electron chi connectivity index (χ3n) is 4.04. The summed E-state index contributed by atoms with van der Waals surface area (Å²) in [6, 6.07) is 12.1. The molecule has 0 spiro atoms. The van der Waals surface area contributed by atoms with Gasteiger partial charge in [-0.05, 0) is 55.0 Å². The van der Waals surface area contributed by atoms with Crippen LogP contribution in [0, 0.1) is 0 Å². The van der Waals surface area contributed by atoms with Crippen molar-refractivity contribution in [3.8, 4) is 17.2 Å². The molecule has 9 heteroatoms. The molecule has 1 fully saturated rings. The number of anilines is 1. The number of thiocarbonyl (C=S) groups is 1. The molecule has 3 rings (SSSR count). The lowest BCUT2D eigenvalue weighted by Gasteiger charge is -2.15. The zero-order valence-corrected chi connectivity index (χ0v) is 17.9. The van der Waals surface area contributed by atoms with Gasteiger partial charge in [0.25, 0.3) is 5.91 Å². The lowest BCUT2D eigenvalue weighted by atomic mass is 10.2. The summed E-state index contributed by atoms with van der Waals surface area (Å²) in [5, 5.41) is 8.76. The van der Waals surface area contributed by atoms with Gasteiger partial charge < -0.3 is 19.3 Å². The van der Waals surface area contributed by atoms with Crippen molar-refractivity contribution in [3.05, 3.63) is 52.9 Å². The first-order valence-corrected chi connectivity index (χ1v) is 10.2. The van der Waals surface area contributed by atoms with Gasteiger partial charge in [0.2, 0.25) is 0 Å². The van der Waals surface area contributed by atoms with Crippen LogP contribution in [0.2, 0.25) is 0 Å². The van der Waals surface area contributed by atoms with E-state index in [4.69, 9.17) is 31.5 Å². The second-order valence-corrected chi connectivity index (χ2v) is 7.71.